The minimum absolute atomic E-state index is 0.117. The number of alkyl halides is 1. The Balaban J connectivity index is 2.29. The highest BCUT2D eigenvalue weighted by atomic mass is 32.2. The molecule has 2 atom stereocenters. The van der Waals surface area contributed by atoms with Gasteiger partial charge in [0.2, 0.25) is 0 Å². The summed E-state index contributed by atoms with van der Waals surface area (Å²) >= 11 is 1.39. The van der Waals surface area contributed by atoms with Gasteiger partial charge in [-0.05, 0) is 39.4 Å². The van der Waals surface area contributed by atoms with Crippen molar-refractivity contribution in [2.75, 3.05) is 11.6 Å². The Bertz CT molecular complexity index is 493. The van der Waals surface area contributed by atoms with E-state index in [1.807, 2.05) is 6.26 Å². The molecular formula is C13H18FN3OS. The molecule has 0 radical (unpaired) electrons. The zero-order valence-corrected chi connectivity index (χ0v) is 12.2. The summed E-state index contributed by atoms with van der Waals surface area (Å²) in [4.78, 5) is 20.0. The zero-order chi connectivity index (χ0) is 14.0. The Hall–Kier alpha value is -1.17. The van der Waals surface area contributed by atoms with E-state index in [0.29, 0.717) is 23.0 Å². The van der Waals surface area contributed by atoms with Gasteiger partial charge in [0.05, 0.1) is 11.6 Å². The summed E-state index contributed by atoms with van der Waals surface area (Å²) in [6, 6.07) is -0.296. The molecule has 4 nitrogen and oxygen atoms in total. The van der Waals surface area contributed by atoms with E-state index in [4.69, 9.17) is 0 Å². The van der Waals surface area contributed by atoms with Crippen molar-refractivity contribution >= 4 is 23.4 Å². The van der Waals surface area contributed by atoms with Crippen LogP contribution in [0.25, 0.3) is 0 Å². The van der Waals surface area contributed by atoms with Crippen LogP contribution >= 0.6 is 11.8 Å². The summed E-state index contributed by atoms with van der Waals surface area (Å²) in [5.41, 5.74) is -0.834. The van der Waals surface area contributed by atoms with E-state index in [1.54, 1.807) is 6.92 Å². The Kier molecular flexibility index (Phi) is 4.08. The summed E-state index contributed by atoms with van der Waals surface area (Å²) < 4.78 is 14.3. The lowest BCUT2D eigenvalue weighted by atomic mass is 10.0. The highest BCUT2D eigenvalue weighted by molar-refractivity contribution is 7.98. The standard InChI is InChI=1S/C13H18FN3OS/c1-8(18)9-7-15-12(19-3)17-11(9)16-10-5-4-6-13(10,2)14/h7,10H,4-6H2,1-3H3,(H,15,16,17)/t10-,13+/m1/s1. The largest absolute Gasteiger partial charge is 0.363 e. The van der Waals surface area contributed by atoms with Gasteiger partial charge in [-0.2, -0.15) is 0 Å². The Morgan fingerprint density at radius 1 is 1.63 bits per heavy atom. The number of ketones is 1. The number of hydrogen-bond acceptors (Lipinski definition) is 5. The second-order valence-electron chi connectivity index (χ2n) is 5.04. The fraction of sp³-hybridized carbons (Fsp3) is 0.615. The molecule has 0 aliphatic heterocycles. The number of rotatable bonds is 4. The number of nitrogens with zero attached hydrogens (tertiary/aromatic N) is 2. The smallest absolute Gasteiger partial charge is 0.189 e. The van der Waals surface area contributed by atoms with Crippen molar-refractivity contribution in [1.29, 1.82) is 0 Å². The van der Waals surface area contributed by atoms with Crippen molar-refractivity contribution in [3.63, 3.8) is 0 Å². The lowest BCUT2D eigenvalue weighted by Crippen LogP contribution is -2.36. The van der Waals surface area contributed by atoms with E-state index in [1.165, 1.54) is 24.9 Å². The maximum atomic E-state index is 14.3. The molecule has 1 aromatic heterocycles. The minimum atomic E-state index is -1.25. The number of halogens is 1. The predicted octanol–water partition coefficient (Wildman–Crippen LogP) is 3.09. The predicted molar refractivity (Wildman–Crippen MR) is 74.6 cm³/mol. The molecule has 1 aliphatic rings. The molecule has 0 saturated heterocycles. The van der Waals surface area contributed by atoms with Crippen molar-refractivity contribution in [2.24, 2.45) is 0 Å². The third-order valence-corrected chi connectivity index (χ3v) is 4.09. The zero-order valence-electron chi connectivity index (χ0n) is 11.4. The van der Waals surface area contributed by atoms with Crippen LogP contribution in [0.4, 0.5) is 10.2 Å². The molecule has 1 N–H and O–H groups in total. The average Bonchev–Trinajstić information content (AvgIpc) is 2.68. The quantitative estimate of drug-likeness (QED) is 0.523. The normalized spacial score (nSPS) is 26.4. The van der Waals surface area contributed by atoms with Crippen LogP contribution < -0.4 is 5.32 Å². The SMILES string of the molecule is CSc1ncc(C(C)=O)c(N[C@@H]2CCC[C@]2(C)F)n1. The van der Waals surface area contributed by atoms with Gasteiger partial charge in [0.1, 0.15) is 11.5 Å². The van der Waals surface area contributed by atoms with Crippen molar-refractivity contribution in [3.05, 3.63) is 11.8 Å². The van der Waals surface area contributed by atoms with Gasteiger partial charge in [0.15, 0.2) is 10.9 Å². The van der Waals surface area contributed by atoms with E-state index in [9.17, 15) is 9.18 Å². The lowest BCUT2D eigenvalue weighted by Gasteiger charge is -2.25. The number of anilines is 1. The summed E-state index contributed by atoms with van der Waals surface area (Å²) in [7, 11) is 0. The Labute approximate surface area is 116 Å². The van der Waals surface area contributed by atoms with Crippen LogP contribution in [0.15, 0.2) is 11.4 Å². The first-order chi connectivity index (χ1) is 8.94. The fourth-order valence-electron chi connectivity index (χ4n) is 2.35. The fourth-order valence-corrected chi connectivity index (χ4v) is 2.69. The highest BCUT2D eigenvalue weighted by Gasteiger charge is 2.39. The first-order valence-corrected chi connectivity index (χ1v) is 7.54. The summed E-state index contributed by atoms with van der Waals surface area (Å²) in [5, 5.41) is 3.67. The van der Waals surface area contributed by atoms with Gasteiger partial charge in [0, 0.05) is 6.20 Å². The van der Waals surface area contributed by atoms with Gasteiger partial charge in [-0.15, -0.1) is 0 Å². The van der Waals surface area contributed by atoms with Crippen molar-refractivity contribution in [1.82, 2.24) is 9.97 Å². The molecule has 104 valence electrons. The van der Waals surface area contributed by atoms with E-state index in [-0.39, 0.29) is 11.8 Å². The number of aromatic nitrogens is 2. The van der Waals surface area contributed by atoms with Gasteiger partial charge in [-0.25, -0.2) is 14.4 Å². The molecule has 1 heterocycles. The minimum Gasteiger partial charge on any atom is -0.363 e. The van der Waals surface area contributed by atoms with Crippen molar-refractivity contribution in [3.8, 4) is 0 Å². The molecule has 0 spiro atoms. The number of carbonyl (C=O) groups excluding carboxylic acids is 1. The lowest BCUT2D eigenvalue weighted by molar-refractivity contribution is 0.101. The highest BCUT2D eigenvalue weighted by Crippen LogP contribution is 2.35. The molecule has 1 aliphatic carbocycles. The van der Waals surface area contributed by atoms with Gasteiger partial charge in [-0.3, -0.25) is 4.79 Å². The molecule has 0 aromatic carbocycles. The van der Waals surface area contributed by atoms with E-state index >= 15 is 0 Å². The summed E-state index contributed by atoms with van der Waals surface area (Å²) in [6.45, 7) is 3.06. The molecule has 1 aromatic rings. The summed E-state index contributed by atoms with van der Waals surface area (Å²) in [5.74, 6) is 0.330. The van der Waals surface area contributed by atoms with Crippen LogP contribution in [-0.4, -0.2) is 33.7 Å². The van der Waals surface area contributed by atoms with Crippen LogP contribution in [0.5, 0.6) is 0 Å². The molecule has 1 saturated carbocycles. The van der Waals surface area contributed by atoms with Gasteiger partial charge < -0.3 is 5.32 Å². The number of thioether (sulfide) groups is 1. The molecule has 0 amide bonds. The number of Topliss-reactive ketones (excluding diaryl/α,β-unsaturated/α-hetero) is 1. The topological polar surface area (TPSA) is 54.9 Å². The third kappa shape index (κ3) is 3.05. The van der Waals surface area contributed by atoms with Crippen LogP contribution in [0.3, 0.4) is 0 Å². The van der Waals surface area contributed by atoms with Crippen LogP contribution in [0.1, 0.15) is 43.5 Å². The molecule has 6 heteroatoms. The van der Waals surface area contributed by atoms with E-state index in [0.717, 1.165) is 12.8 Å². The molecule has 1 fully saturated rings. The van der Waals surface area contributed by atoms with Crippen molar-refractivity contribution in [2.45, 2.75) is 50.0 Å². The second-order valence-corrected chi connectivity index (χ2v) is 5.82. The maximum absolute atomic E-state index is 14.3. The Morgan fingerprint density at radius 2 is 2.37 bits per heavy atom. The number of nitrogens with one attached hydrogen (secondary N) is 1. The number of hydrogen-bond donors (Lipinski definition) is 1. The van der Waals surface area contributed by atoms with Crippen molar-refractivity contribution < 1.29 is 9.18 Å². The van der Waals surface area contributed by atoms with Gasteiger partial charge in [-0.1, -0.05) is 11.8 Å². The Morgan fingerprint density at radius 3 is 2.89 bits per heavy atom. The summed E-state index contributed by atoms with van der Waals surface area (Å²) in [6.07, 6.45) is 5.51. The molecule has 0 unspecified atom stereocenters. The molecule has 0 bridgehead atoms. The maximum Gasteiger partial charge on any atom is 0.189 e. The monoisotopic (exact) mass is 283 g/mol. The van der Waals surface area contributed by atoms with Crippen LogP contribution in [-0.2, 0) is 0 Å². The third-order valence-electron chi connectivity index (χ3n) is 3.52. The van der Waals surface area contributed by atoms with Gasteiger partial charge >= 0.3 is 0 Å². The van der Waals surface area contributed by atoms with Crippen LogP contribution in [0.2, 0.25) is 0 Å². The number of carbonyl (C=O) groups is 1. The van der Waals surface area contributed by atoms with Crippen LogP contribution in [0, 0.1) is 0 Å². The first kappa shape index (κ1) is 14.2. The van der Waals surface area contributed by atoms with Gasteiger partial charge in [0.25, 0.3) is 0 Å². The first-order valence-electron chi connectivity index (χ1n) is 6.31. The molecule has 2 rings (SSSR count). The molecule has 19 heavy (non-hydrogen) atoms. The van der Waals surface area contributed by atoms with E-state index < -0.39 is 5.67 Å². The average molecular weight is 283 g/mol. The molecular weight excluding hydrogens is 265 g/mol. The van der Waals surface area contributed by atoms with E-state index in [2.05, 4.69) is 15.3 Å². The second kappa shape index (κ2) is 5.45.